The van der Waals surface area contributed by atoms with Crippen LogP contribution in [0.2, 0.25) is 0 Å². The second-order valence-electron chi connectivity index (χ2n) is 10.8. The van der Waals surface area contributed by atoms with E-state index < -0.39 is 13.8 Å². The molecule has 0 nitrogen and oxygen atoms in total. The van der Waals surface area contributed by atoms with Gasteiger partial charge in [-0.05, 0) is 64.9 Å². The zero-order chi connectivity index (χ0) is 29.2. The molecule has 0 bridgehead atoms. The normalized spacial score (nSPS) is 11.5. The first-order valence-electron chi connectivity index (χ1n) is 15.1. The average Bonchev–Trinajstić information content (AvgIpc) is 3.11. The van der Waals surface area contributed by atoms with Crippen molar-refractivity contribution in [1.29, 1.82) is 0 Å². The van der Waals surface area contributed by atoms with Crippen molar-refractivity contribution in [2.75, 3.05) is 0 Å². The number of hydrogen-bond donors (Lipinski definition) is 0. The Morgan fingerprint density at radius 2 is 0.465 bits per heavy atom. The van der Waals surface area contributed by atoms with Crippen molar-refractivity contribution in [1.82, 2.24) is 0 Å². The highest BCUT2D eigenvalue weighted by molar-refractivity contribution is 7.94. The van der Waals surface area contributed by atoms with Crippen LogP contribution in [0.3, 0.4) is 0 Å². The van der Waals surface area contributed by atoms with Gasteiger partial charge < -0.3 is 0 Å². The summed E-state index contributed by atoms with van der Waals surface area (Å²) in [6, 6.07) is 67.0. The van der Waals surface area contributed by atoms with Crippen molar-refractivity contribution < 1.29 is 0 Å². The molecule has 212 valence electrons. The third kappa shape index (κ3) is 6.05. The third-order valence-electron chi connectivity index (χ3n) is 8.19. The van der Waals surface area contributed by atoms with E-state index in [0.29, 0.717) is 0 Å². The van der Waals surface area contributed by atoms with Gasteiger partial charge in [0.1, 0.15) is 0 Å². The van der Waals surface area contributed by atoms with Crippen molar-refractivity contribution in [3.05, 3.63) is 182 Å². The van der Waals surface area contributed by atoms with E-state index in [-0.39, 0.29) is 0 Å². The van der Waals surface area contributed by atoms with Gasteiger partial charge in [-0.1, -0.05) is 194 Å². The number of unbranched alkanes of at least 4 members (excludes halogenated alkanes) is 2. The molecule has 6 rings (SSSR count). The van der Waals surface area contributed by atoms with Gasteiger partial charge in [-0.3, -0.25) is 0 Å². The highest BCUT2D eigenvalue weighted by Crippen LogP contribution is 2.45. The Kier molecular flexibility index (Phi) is 9.40. The van der Waals surface area contributed by atoms with E-state index in [2.05, 4.69) is 194 Å². The SMILES string of the molecule is C(CCCC=P(c1ccccc1)(c1ccccc1)c1ccccc1)=P(c1ccccc1)(c1ccccc1)c1ccccc1. The van der Waals surface area contributed by atoms with E-state index in [1.54, 1.807) is 0 Å². The summed E-state index contributed by atoms with van der Waals surface area (Å²) in [5, 5.41) is 8.48. The molecule has 0 radical (unpaired) electrons. The predicted molar refractivity (Wildman–Crippen MR) is 196 cm³/mol. The van der Waals surface area contributed by atoms with Gasteiger partial charge >= 0.3 is 0 Å². The molecule has 0 aliphatic heterocycles. The smallest absolute Gasteiger partial charge is 0.0163 e. The molecule has 43 heavy (non-hydrogen) atoms. The Balaban J connectivity index is 1.45. The van der Waals surface area contributed by atoms with Crippen molar-refractivity contribution in [3.8, 4) is 0 Å². The molecule has 0 spiro atoms. The Morgan fingerprint density at radius 3 is 0.651 bits per heavy atom. The quantitative estimate of drug-likeness (QED) is 0.113. The van der Waals surface area contributed by atoms with E-state index in [0.717, 1.165) is 19.3 Å². The van der Waals surface area contributed by atoms with Crippen molar-refractivity contribution >= 4 is 57.2 Å². The van der Waals surface area contributed by atoms with Crippen LogP contribution in [-0.2, 0) is 0 Å². The van der Waals surface area contributed by atoms with Crippen molar-refractivity contribution in [2.45, 2.75) is 19.3 Å². The zero-order valence-electron chi connectivity index (χ0n) is 24.5. The lowest BCUT2D eigenvalue weighted by Gasteiger charge is -2.29. The van der Waals surface area contributed by atoms with Gasteiger partial charge in [0.2, 0.25) is 0 Å². The Hall–Kier alpha value is -4.08. The van der Waals surface area contributed by atoms with Gasteiger partial charge in [0, 0.05) is 0 Å². The van der Waals surface area contributed by atoms with E-state index >= 15 is 0 Å². The average molecular weight is 593 g/mol. The van der Waals surface area contributed by atoms with Crippen LogP contribution in [0.15, 0.2) is 182 Å². The number of hydrogen-bond acceptors (Lipinski definition) is 0. The minimum Gasteiger partial charge on any atom is -0.0742 e. The Morgan fingerprint density at radius 1 is 0.279 bits per heavy atom. The molecule has 0 aliphatic carbocycles. The van der Waals surface area contributed by atoms with Gasteiger partial charge in [0.25, 0.3) is 0 Å². The molecule has 0 aromatic heterocycles. The van der Waals surface area contributed by atoms with Crippen LogP contribution in [0.1, 0.15) is 19.3 Å². The van der Waals surface area contributed by atoms with E-state index in [4.69, 9.17) is 0 Å². The van der Waals surface area contributed by atoms with E-state index in [1.807, 2.05) is 0 Å². The van der Waals surface area contributed by atoms with E-state index in [1.165, 1.54) is 31.8 Å². The maximum atomic E-state index is 2.68. The first-order valence-corrected chi connectivity index (χ1v) is 18.9. The maximum Gasteiger partial charge on any atom is -0.0163 e. The molecule has 0 aliphatic rings. The fourth-order valence-electron chi connectivity index (χ4n) is 6.19. The molecule has 2 heteroatoms. The maximum absolute atomic E-state index is 2.68. The fourth-order valence-corrected chi connectivity index (χ4v) is 14.2. The van der Waals surface area contributed by atoms with Crippen LogP contribution < -0.4 is 31.8 Å². The fraction of sp³-hybridized carbons (Fsp3) is 0.0732. The summed E-state index contributed by atoms with van der Waals surface area (Å²) in [5.41, 5.74) is 0. The molecule has 6 aromatic rings. The molecule has 0 heterocycles. The van der Waals surface area contributed by atoms with Crippen LogP contribution in [0.25, 0.3) is 0 Å². The minimum absolute atomic E-state index is 1.04. The number of rotatable bonds is 10. The van der Waals surface area contributed by atoms with Gasteiger partial charge in [-0.15, -0.1) is 0 Å². The topological polar surface area (TPSA) is 0 Å². The molecular weight excluding hydrogens is 554 g/mol. The summed E-state index contributed by atoms with van der Waals surface area (Å²) < 4.78 is 0. The standard InChI is InChI=1S/C41H38P2/c1-8-22-36(23-9-1)42(37-24-10-2-11-25-37,38-26-12-3-13-27-38)34-20-7-21-35-43(39-28-14-4-15-29-39,40-30-16-5-17-31-40)41-32-18-6-19-33-41/h1-6,8-19,22-35H,7,20-21H2. The summed E-state index contributed by atoms with van der Waals surface area (Å²) in [4.78, 5) is 0. The molecule has 6 aromatic carbocycles. The van der Waals surface area contributed by atoms with Crippen LogP contribution in [0, 0.1) is 0 Å². The molecule has 0 fully saturated rings. The first kappa shape index (κ1) is 29.0. The second kappa shape index (κ2) is 13.9. The van der Waals surface area contributed by atoms with Gasteiger partial charge in [0.05, 0.1) is 0 Å². The van der Waals surface area contributed by atoms with Gasteiger partial charge in [0.15, 0.2) is 0 Å². The monoisotopic (exact) mass is 592 g/mol. The molecule has 0 amide bonds. The molecule has 0 saturated heterocycles. The molecular formula is C41H38P2. The van der Waals surface area contributed by atoms with Crippen LogP contribution >= 0.6 is 13.8 Å². The second-order valence-corrected chi connectivity index (χ2v) is 17.5. The third-order valence-corrected chi connectivity index (χ3v) is 16.5. The number of benzene rings is 6. The van der Waals surface area contributed by atoms with Crippen LogP contribution in [0.5, 0.6) is 0 Å². The highest BCUT2D eigenvalue weighted by atomic mass is 31.2. The lowest BCUT2D eigenvalue weighted by atomic mass is 10.3. The first-order chi connectivity index (χ1) is 21.3. The summed E-state index contributed by atoms with van der Waals surface area (Å²) in [5.74, 6) is 5.35. The van der Waals surface area contributed by atoms with Crippen molar-refractivity contribution in [2.24, 2.45) is 0 Å². The largest absolute Gasteiger partial charge is 0.0742 e. The van der Waals surface area contributed by atoms with Gasteiger partial charge in [-0.2, -0.15) is 0 Å². The predicted octanol–water partition coefficient (Wildman–Crippen LogP) is 7.75. The lowest BCUT2D eigenvalue weighted by molar-refractivity contribution is 0.957. The molecule has 0 atom stereocenters. The Labute approximate surface area is 257 Å². The Bertz CT molecular complexity index is 1470. The zero-order valence-corrected chi connectivity index (χ0v) is 26.3. The lowest BCUT2D eigenvalue weighted by Crippen LogP contribution is -2.27. The highest BCUT2D eigenvalue weighted by Gasteiger charge is 2.26. The van der Waals surface area contributed by atoms with Gasteiger partial charge in [-0.25, -0.2) is 0 Å². The van der Waals surface area contributed by atoms with Crippen molar-refractivity contribution in [3.63, 3.8) is 0 Å². The summed E-state index contributed by atoms with van der Waals surface area (Å²) in [6.45, 7) is -3.88. The summed E-state index contributed by atoms with van der Waals surface area (Å²) in [6.07, 6.45) is 3.19. The minimum atomic E-state index is -1.94. The summed E-state index contributed by atoms with van der Waals surface area (Å²) in [7, 11) is 0. The van der Waals surface area contributed by atoms with E-state index in [9.17, 15) is 0 Å². The summed E-state index contributed by atoms with van der Waals surface area (Å²) >= 11 is 0. The molecule has 0 unspecified atom stereocenters. The van der Waals surface area contributed by atoms with Crippen LogP contribution in [0.4, 0.5) is 0 Å². The van der Waals surface area contributed by atoms with Crippen LogP contribution in [-0.4, -0.2) is 11.6 Å². The molecule has 0 saturated carbocycles. The molecule has 0 N–H and O–H groups in total.